The SMILES string of the molecule is CCC1CCC(C)N(C(=O)C(C)CCCN)C1. The van der Waals surface area contributed by atoms with Gasteiger partial charge in [-0.1, -0.05) is 20.3 Å². The van der Waals surface area contributed by atoms with Gasteiger partial charge in [0.25, 0.3) is 0 Å². The van der Waals surface area contributed by atoms with Crippen molar-refractivity contribution in [3.8, 4) is 0 Å². The van der Waals surface area contributed by atoms with Gasteiger partial charge in [-0.15, -0.1) is 0 Å². The number of rotatable bonds is 5. The number of piperidine rings is 1. The van der Waals surface area contributed by atoms with E-state index in [0.29, 0.717) is 24.4 Å². The van der Waals surface area contributed by atoms with Crippen molar-refractivity contribution in [3.63, 3.8) is 0 Å². The molecule has 3 unspecified atom stereocenters. The van der Waals surface area contributed by atoms with Crippen LogP contribution in [0.5, 0.6) is 0 Å². The van der Waals surface area contributed by atoms with Gasteiger partial charge in [0.15, 0.2) is 0 Å². The van der Waals surface area contributed by atoms with Crippen molar-refractivity contribution >= 4 is 5.91 Å². The van der Waals surface area contributed by atoms with Crippen LogP contribution in [0.2, 0.25) is 0 Å². The Bertz CT molecular complexity index is 242. The maximum atomic E-state index is 12.4. The highest BCUT2D eigenvalue weighted by Crippen LogP contribution is 2.26. The molecule has 3 nitrogen and oxygen atoms in total. The topological polar surface area (TPSA) is 46.3 Å². The summed E-state index contributed by atoms with van der Waals surface area (Å²) in [4.78, 5) is 14.5. The molecule has 1 amide bonds. The predicted molar refractivity (Wildman–Crippen MR) is 71.6 cm³/mol. The third kappa shape index (κ3) is 3.98. The molecule has 0 aliphatic carbocycles. The van der Waals surface area contributed by atoms with Gasteiger partial charge in [-0.25, -0.2) is 0 Å². The smallest absolute Gasteiger partial charge is 0.225 e. The van der Waals surface area contributed by atoms with Gasteiger partial charge in [-0.3, -0.25) is 4.79 Å². The van der Waals surface area contributed by atoms with Crippen molar-refractivity contribution in [3.05, 3.63) is 0 Å². The zero-order chi connectivity index (χ0) is 12.8. The van der Waals surface area contributed by atoms with Gasteiger partial charge < -0.3 is 10.6 Å². The summed E-state index contributed by atoms with van der Waals surface area (Å²) in [6.45, 7) is 8.09. The van der Waals surface area contributed by atoms with Crippen LogP contribution in [0.25, 0.3) is 0 Å². The number of carbonyl (C=O) groups excluding carboxylic acids is 1. The van der Waals surface area contributed by atoms with Crippen LogP contribution in [0.4, 0.5) is 0 Å². The number of likely N-dealkylation sites (tertiary alicyclic amines) is 1. The lowest BCUT2D eigenvalue weighted by molar-refractivity contribution is -0.139. The summed E-state index contributed by atoms with van der Waals surface area (Å²) in [6.07, 6.45) is 5.50. The molecule has 1 fully saturated rings. The largest absolute Gasteiger partial charge is 0.339 e. The number of hydrogen-bond donors (Lipinski definition) is 1. The van der Waals surface area contributed by atoms with Crippen molar-refractivity contribution in [2.45, 2.75) is 58.9 Å². The first kappa shape index (κ1) is 14.5. The first-order valence-electron chi connectivity index (χ1n) is 7.10. The minimum absolute atomic E-state index is 0.136. The summed E-state index contributed by atoms with van der Waals surface area (Å²) in [7, 11) is 0. The Kier molecular flexibility index (Phi) is 5.96. The summed E-state index contributed by atoms with van der Waals surface area (Å²) < 4.78 is 0. The molecule has 0 bridgehead atoms. The molecule has 100 valence electrons. The molecule has 1 aliphatic heterocycles. The van der Waals surface area contributed by atoms with Crippen LogP contribution in [-0.4, -0.2) is 29.9 Å². The molecule has 0 aromatic rings. The molecule has 0 saturated carbocycles. The third-order valence-corrected chi connectivity index (χ3v) is 4.10. The molecular weight excluding hydrogens is 212 g/mol. The first-order chi connectivity index (χ1) is 8.10. The molecule has 0 aromatic carbocycles. The van der Waals surface area contributed by atoms with Gasteiger partial charge >= 0.3 is 0 Å². The second-order valence-electron chi connectivity index (χ2n) is 5.52. The van der Waals surface area contributed by atoms with Crippen molar-refractivity contribution in [1.29, 1.82) is 0 Å². The Labute approximate surface area is 106 Å². The van der Waals surface area contributed by atoms with E-state index in [1.54, 1.807) is 0 Å². The Balaban J connectivity index is 2.53. The number of nitrogens with zero attached hydrogens (tertiary/aromatic N) is 1. The predicted octanol–water partition coefficient (Wildman–Crippen LogP) is 2.40. The quantitative estimate of drug-likeness (QED) is 0.802. The van der Waals surface area contributed by atoms with E-state index >= 15 is 0 Å². The summed E-state index contributed by atoms with van der Waals surface area (Å²) in [5, 5.41) is 0. The highest BCUT2D eigenvalue weighted by molar-refractivity contribution is 5.78. The number of nitrogens with two attached hydrogens (primary N) is 1. The van der Waals surface area contributed by atoms with E-state index in [2.05, 4.69) is 18.7 Å². The molecule has 0 radical (unpaired) electrons. The Morgan fingerprint density at radius 2 is 2.18 bits per heavy atom. The normalized spacial score (nSPS) is 26.9. The van der Waals surface area contributed by atoms with Crippen molar-refractivity contribution < 1.29 is 4.79 Å². The second kappa shape index (κ2) is 7.00. The van der Waals surface area contributed by atoms with Gasteiger partial charge in [0.2, 0.25) is 5.91 Å². The molecular formula is C14H28N2O. The fourth-order valence-corrected chi connectivity index (χ4v) is 2.65. The maximum Gasteiger partial charge on any atom is 0.225 e. The Morgan fingerprint density at radius 3 is 2.76 bits per heavy atom. The lowest BCUT2D eigenvalue weighted by atomic mass is 9.90. The van der Waals surface area contributed by atoms with Crippen LogP contribution >= 0.6 is 0 Å². The molecule has 1 heterocycles. The zero-order valence-corrected chi connectivity index (χ0v) is 11.6. The zero-order valence-electron chi connectivity index (χ0n) is 11.6. The van der Waals surface area contributed by atoms with Crippen molar-refractivity contribution in [1.82, 2.24) is 4.90 Å². The Morgan fingerprint density at radius 1 is 1.47 bits per heavy atom. The monoisotopic (exact) mass is 240 g/mol. The molecule has 3 atom stereocenters. The molecule has 1 rings (SSSR count). The summed E-state index contributed by atoms with van der Waals surface area (Å²) in [6, 6.07) is 0.422. The first-order valence-corrected chi connectivity index (χ1v) is 7.10. The molecule has 17 heavy (non-hydrogen) atoms. The van der Waals surface area contributed by atoms with E-state index in [1.165, 1.54) is 12.8 Å². The van der Waals surface area contributed by atoms with E-state index in [9.17, 15) is 4.79 Å². The minimum Gasteiger partial charge on any atom is -0.339 e. The van der Waals surface area contributed by atoms with Crippen LogP contribution in [0.3, 0.4) is 0 Å². The summed E-state index contributed by atoms with van der Waals surface area (Å²) in [5.41, 5.74) is 5.50. The molecule has 0 aromatic heterocycles. The van der Waals surface area contributed by atoms with E-state index < -0.39 is 0 Å². The van der Waals surface area contributed by atoms with E-state index in [-0.39, 0.29) is 5.92 Å². The molecule has 0 spiro atoms. The average Bonchev–Trinajstić information content (AvgIpc) is 2.35. The lowest BCUT2D eigenvalue weighted by Gasteiger charge is -2.39. The van der Waals surface area contributed by atoms with Gasteiger partial charge in [0, 0.05) is 18.5 Å². The van der Waals surface area contributed by atoms with E-state index in [1.807, 2.05) is 6.92 Å². The molecule has 1 aliphatic rings. The van der Waals surface area contributed by atoms with Gasteiger partial charge in [-0.05, 0) is 45.1 Å². The number of carbonyl (C=O) groups is 1. The van der Waals surface area contributed by atoms with Crippen molar-refractivity contribution in [2.75, 3.05) is 13.1 Å². The third-order valence-electron chi connectivity index (χ3n) is 4.10. The van der Waals surface area contributed by atoms with Crippen LogP contribution < -0.4 is 5.73 Å². The lowest BCUT2D eigenvalue weighted by Crippen LogP contribution is -2.47. The van der Waals surface area contributed by atoms with Gasteiger partial charge in [0.05, 0.1) is 0 Å². The van der Waals surface area contributed by atoms with Gasteiger partial charge in [0.1, 0.15) is 0 Å². The van der Waals surface area contributed by atoms with Crippen LogP contribution in [0.1, 0.15) is 52.9 Å². The number of amides is 1. The highest BCUT2D eigenvalue weighted by Gasteiger charge is 2.30. The average molecular weight is 240 g/mol. The highest BCUT2D eigenvalue weighted by atomic mass is 16.2. The van der Waals surface area contributed by atoms with E-state index in [4.69, 9.17) is 5.73 Å². The second-order valence-corrected chi connectivity index (χ2v) is 5.52. The van der Waals surface area contributed by atoms with Crippen molar-refractivity contribution in [2.24, 2.45) is 17.6 Å². The van der Waals surface area contributed by atoms with Crippen LogP contribution in [-0.2, 0) is 4.79 Å². The fraction of sp³-hybridized carbons (Fsp3) is 0.929. The molecule has 1 saturated heterocycles. The fourth-order valence-electron chi connectivity index (χ4n) is 2.65. The number of hydrogen-bond acceptors (Lipinski definition) is 2. The van der Waals surface area contributed by atoms with Crippen LogP contribution in [0, 0.1) is 11.8 Å². The van der Waals surface area contributed by atoms with Gasteiger partial charge in [-0.2, -0.15) is 0 Å². The standard InChI is InChI=1S/C14H28N2O/c1-4-13-8-7-12(3)16(10-13)14(17)11(2)6-5-9-15/h11-13H,4-10,15H2,1-3H3. The molecule has 3 heteroatoms. The summed E-state index contributed by atoms with van der Waals surface area (Å²) in [5.74, 6) is 1.18. The minimum atomic E-state index is 0.136. The maximum absolute atomic E-state index is 12.4. The van der Waals surface area contributed by atoms with E-state index in [0.717, 1.165) is 25.8 Å². The van der Waals surface area contributed by atoms with Crippen LogP contribution in [0.15, 0.2) is 0 Å². The molecule has 2 N–H and O–H groups in total. The Hall–Kier alpha value is -0.570. The summed E-state index contributed by atoms with van der Waals surface area (Å²) >= 11 is 0.